The molecule has 0 heterocycles. The Hall–Kier alpha value is -0.850. The molecule has 6 nitrogen and oxygen atoms in total. The van der Waals surface area contributed by atoms with Crippen LogP contribution in [0.4, 0.5) is 0 Å². The molecule has 0 aromatic carbocycles. The van der Waals surface area contributed by atoms with Crippen LogP contribution in [0.2, 0.25) is 0 Å². The Morgan fingerprint density at radius 1 is 1.21 bits per heavy atom. The van der Waals surface area contributed by atoms with Crippen molar-refractivity contribution in [2.24, 2.45) is 4.99 Å². The average Bonchev–Trinajstić information content (AvgIpc) is 3.36. The van der Waals surface area contributed by atoms with Crippen molar-refractivity contribution in [1.29, 1.82) is 0 Å². The molecule has 0 atom stereocenters. The summed E-state index contributed by atoms with van der Waals surface area (Å²) in [5.41, 5.74) is 0. The second-order valence-corrected chi connectivity index (χ2v) is 6.90. The minimum Gasteiger partial charge on any atom is -0.385 e. The summed E-state index contributed by atoms with van der Waals surface area (Å²) in [5, 5.41) is 6.78. The third-order valence-electron chi connectivity index (χ3n) is 4.33. The van der Waals surface area contributed by atoms with E-state index in [9.17, 15) is 0 Å². The van der Waals surface area contributed by atoms with Crippen LogP contribution in [0.1, 0.15) is 40.0 Å². The lowest BCUT2D eigenvalue weighted by Gasteiger charge is -2.25. The third-order valence-corrected chi connectivity index (χ3v) is 4.33. The van der Waals surface area contributed by atoms with Gasteiger partial charge in [-0.1, -0.05) is 0 Å². The molecule has 1 rings (SSSR count). The summed E-state index contributed by atoms with van der Waals surface area (Å²) in [6.45, 7) is 13.3. The van der Waals surface area contributed by atoms with Gasteiger partial charge in [-0.05, 0) is 47.1 Å². The van der Waals surface area contributed by atoms with Gasteiger partial charge >= 0.3 is 0 Å². The summed E-state index contributed by atoms with van der Waals surface area (Å²) in [6, 6.07) is 1.42. The van der Waals surface area contributed by atoms with Crippen LogP contribution < -0.4 is 10.6 Å². The van der Waals surface area contributed by atoms with E-state index in [-0.39, 0.29) is 0 Å². The Morgan fingerprint density at radius 3 is 2.54 bits per heavy atom. The molecule has 0 amide bonds. The Bertz CT molecular complexity index is 342. The summed E-state index contributed by atoms with van der Waals surface area (Å²) in [4.78, 5) is 9.63. The zero-order valence-corrected chi connectivity index (χ0v) is 16.5. The maximum atomic E-state index is 5.09. The first-order chi connectivity index (χ1) is 11.6. The van der Waals surface area contributed by atoms with Gasteiger partial charge in [-0.2, -0.15) is 0 Å². The van der Waals surface area contributed by atoms with Crippen molar-refractivity contribution in [3.8, 4) is 0 Å². The van der Waals surface area contributed by atoms with Crippen LogP contribution in [-0.4, -0.2) is 87.9 Å². The first-order valence-corrected chi connectivity index (χ1v) is 9.53. The largest absolute Gasteiger partial charge is 0.385 e. The van der Waals surface area contributed by atoms with E-state index < -0.39 is 0 Å². The van der Waals surface area contributed by atoms with E-state index in [4.69, 9.17) is 9.73 Å². The highest BCUT2D eigenvalue weighted by atomic mass is 16.5. The van der Waals surface area contributed by atoms with Gasteiger partial charge < -0.3 is 20.3 Å². The molecule has 0 bridgehead atoms. The number of guanidine groups is 1. The van der Waals surface area contributed by atoms with E-state index in [2.05, 4.69) is 48.3 Å². The van der Waals surface area contributed by atoms with Gasteiger partial charge in [0.1, 0.15) is 0 Å². The molecular formula is C18H39N5O. The molecule has 0 saturated heterocycles. The van der Waals surface area contributed by atoms with Crippen molar-refractivity contribution < 1.29 is 4.74 Å². The molecule has 0 aromatic heterocycles. The highest BCUT2D eigenvalue weighted by Gasteiger charge is 2.29. The van der Waals surface area contributed by atoms with Crippen molar-refractivity contribution in [1.82, 2.24) is 20.4 Å². The monoisotopic (exact) mass is 341 g/mol. The normalized spacial score (nSPS) is 15.6. The molecule has 0 unspecified atom stereocenters. The SMILES string of the molecule is CCNC(=NCCN(C(C)C)C1CC1)NCCN(C)CCCOC. The van der Waals surface area contributed by atoms with E-state index in [0.717, 1.165) is 64.3 Å². The second kappa shape index (κ2) is 12.5. The molecule has 24 heavy (non-hydrogen) atoms. The van der Waals surface area contributed by atoms with Crippen LogP contribution >= 0.6 is 0 Å². The van der Waals surface area contributed by atoms with Gasteiger partial charge in [0.25, 0.3) is 0 Å². The average molecular weight is 342 g/mol. The van der Waals surface area contributed by atoms with Crippen LogP contribution in [0.25, 0.3) is 0 Å². The fraction of sp³-hybridized carbons (Fsp3) is 0.944. The van der Waals surface area contributed by atoms with Gasteiger partial charge in [0.15, 0.2) is 5.96 Å². The summed E-state index contributed by atoms with van der Waals surface area (Å²) < 4.78 is 5.09. The Kier molecular flexibility index (Phi) is 11.0. The van der Waals surface area contributed by atoms with Crippen molar-refractivity contribution in [2.45, 2.75) is 52.1 Å². The Balaban J connectivity index is 2.26. The summed E-state index contributed by atoms with van der Waals surface area (Å²) in [5.74, 6) is 0.933. The van der Waals surface area contributed by atoms with Crippen LogP contribution in [0.15, 0.2) is 4.99 Å². The number of hydrogen-bond acceptors (Lipinski definition) is 4. The molecule has 0 aliphatic heterocycles. The molecule has 0 spiro atoms. The number of hydrogen-bond donors (Lipinski definition) is 2. The first-order valence-electron chi connectivity index (χ1n) is 9.53. The number of nitrogens with one attached hydrogen (secondary N) is 2. The fourth-order valence-corrected chi connectivity index (χ4v) is 2.84. The highest BCUT2D eigenvalue weighted by molar-refractivity contribution is 5.79. The van der Waals surface area contributed by atoms with E-state index in [1.807, 2.05) is 0 Å². The predicted molar refractivity (Wildman–Crippen MR) is 103 cm³/mol. The van der Waals surface area contributed by atoms with Crippen LogP contribution in [-0.2, 0) is 4.74 Å². The standard InChI is InChI=1S/C18H39N5O/c1-6-19-18(20-10-13-22(4)12-7-15-24-5)21-11-14-23(16(2)3)17-8-9-17/h16-17H,6-15H2,1-5H3,(H2,19,20,21). The maximum absolute atomic E-state index is 5.09. The minimum atomic E-state index is 0.615. The first kappa shape index (κ1) is 21.2. The molecule has 142 valence electrons. The van der Waals surface area contributed by atoms with Crippen molar-refractivity contribution in [3.05, 3.63) is 0 Å². The van der Waals surface area contributed by atoms with Gasteiger partial charge in [0.05, 0.1) is 6.54 Å². The van der Waals surface area contributed by atoms with E-state index in [1.54, 1.807) is 7.11 Å². The van der Waals surface area contributed by atoms with Crippen molar-refractivity contribution >= 4 is 5.96 Å². The molecule has 1 fully saturated rings. The summed E-state index contributed by atoms with van der Waals surface area (Å²) in [7, 11) is 3.90. The quantitative estimate of drug-likeness (QED) is 0.301. The smallest absolute Gasteiger partial charge is 0.191 e. The number of nitrogens with zero attached hydrogens (tertiary/aromatic N) is 3. The predicted octanol–water partition coefficient (Wildman–Crippen LogP) is 1.38. The van der Waals surface area contributed by atoms with Gasteiger partial charge in [-0.15, -0.1) is 0 Å². The zero-order valence-electron chi connectivity index (χ0n) is 16.5. The van der Waals surface area contributed by atoms with Crippen LogP contribution in [0.5, 0.6) is 0 Å². The van der Waals surface area contributed by atoms with Gasteiger partial charge in [0, 0.05) is 58.5 Å². The van der Waals surface area contributed by atoms with E-state index >= 15 is 0 Å². The van der Waals surface area contributed by atoms with Gasteiger partial charge in [0.2, 0.25) is 0 Å². The van der Waals surface area contributed by atoms with E-state index in [1.165, 1.54) is 12.8 Å². The number of methoxy groups -OCH3 is 1. The molecule has 1 saturated carbocycles. The van der Waals surface area contributed by atoms with Gasteiger partial charge in [-0.3, -0.25) is 9.89 Å². The van der Waals surface area contributed by atoms with Crippen molar-refractivity contribution in [2.75, 3.05) is 60.0 Å². The highest BCUT2D eigenvalue weighted by Crippen LogP contribution is 2.28. The molecular weight excluding hydrogens is 302 g/mol. The van der Waals surface area contributed by atoms with E-state index in [0.29, 0.717) is 6.04 Å². The van der Waals surface area contributed by atoms with Gasteiger partial charge in [-0.25, -0.2) is 0 Å². The number of rotatable bonds is 13. The molecule has 0 aromatic rings. The lowest BCUT2D eigenvalue weighted by molar-refractivity contribution is 0.180. The molecule has 1 aliphatic carbocycles. The number of aliphatic imine (C=N–C) groups is 1. The number of ether oxygens (including phenoxy) is 1. The van der Waals surface area contributed by atoms with Crippen LogP contribution in [0.3, 0.4) is 0 Å². The Morgan fingerprint density at radius 2 is 1.96 bits per heavy atom. The minimum absolute atomic E-state index is 0.615. The zero-order chi connectivity index (χ0) is 17.8. The summed E-state index contributed by atoms with van der Waals surface area (Å²) in [6.07, 6.45) is 3.79. The summed E-state index contributed by atoms with van der Waals surface area (Å²) >= 11 is 0. The van der Waals surface area contributed by atoms with Crippen molar-refractivity contribution in [3.63, 3.8) is 0 Å². The second-order valence-electron chi connectivity index (χ2n) is 6.90. The topological polar surface area (TPSA) is 52.1 Å². The van der Waals surface area contributed by atoms with Crippen LogP contribution in [0, 0.1) is 0 Å². The maximum Gasteiger partial charge on any atom is 0.191 e. The lowest BCUT2D eigenvalue weighted by atomic mass is 10.3. The molecule has 0 radical (unpaired) electrons. The molecule has 6 heteroatoms. The molecule has 1 aliphatic rings. The lowest BCUT2D eigenvalue weighted by Crippen LogP contribution is -2.42. The Labute approximate surface area is 149 Å². The third kappa shape index (κ3) is 9.45. The number of likely N-dealkylation sites (N-methyl/N-ethyl adjacent to an activating group) is 1. The fourth-order valence-electron chi connectivity index (χ4n) is 2.84. The molecule has 2 N–H and O–H groups in total.